The number of urea groups is 1. The Bertz CT molecular complexity index is 1280. The largest absolute Gasteiger partial charge is 0.417 e. The van der Waals surface area contributed by atoms with Crippen LogP contribution in [0.5, 0.6) is 0 Å². The number of rotatable bonds is 7. The van der Waals surface area contributed by atoms with Gasteiger partial charge >= 0.3 is 12.2 Å². The van der Waals surface area contributed by atoms with Crippen LogP contribution in [-0.2, 0) is 12.7 Å². The summed E-state index contributed by atoms with van der Waals surface area (Å²) in [5.41, 5.74) is 0.207. The molecule has 0 spiro atoms. The van der Waals surface area contributed by atoms with E-state index in [1.807, 2.05) is 0 Å². The first-order valence-electron chi connectivity index (χ1n) is 10.9. The molecule has 0 fully saturated rings. The molecule has 1 aromatic heterocycles. The molecule has 0 atom stereocenters. The van der Waals surface area contributed by atoms with E-state index in [1.54, 1.807) is 23.1 Å². The van der Waals surface area contributed by atoms with Crippen molar-refractivity contribution in [2.24, 2.45) is 0 Å². The molecule has 1 aliphatic heterocycles. The zero-order chi connectivity index (χ0) is 25.9. The minimum atomic E-state index is -4.89. The van der Waals surface area contributed by atoms with Crippen molar-refractivity contribution in [3.05, 3.63) is 77.2 Å². The van der Waals surface area contributed by atoms with E-state index in [9.17, 15) is 27.2 Å². The van der Waals surface area contributed by atoms with Crippen LogP contribution in [0.25, 0.3) is 0 Å². The highest BCUT2D eigenvalue weighted by Gasteiger charge is 2.35. The van der Waals surface area contributed by atoms with Gasteiger partial charge in [-0.2, -0.15) is 13.2 Å². The van der Waals surface area contributed by atoms with Gasteiger partial charge in [-0.05, 0) is 55.0 Å². The molecule has 0 bridgehead atoms. The minimum Gasteiger partial charge on any atom is -0.396 e. The van der Waals surface area contributed by atoms with Crippen molar-refractivity contribution in [1.29, 1.82) is 0 Å². The van der Waals surface area contributed by atoms with Gasteiger partial charge in [0.25, 0.3) is 5.91 Å². The number of amides is 3. The van der Waals surface area contributed by atoms with Crippen molar-refractivity contribution in [3.8, 4) is 0 Å². The number of halogens is 4. The molecule has 8 nitrogen and oxygen atoms in total. The number of fused-ring (bicyclic) bond motifs is 1. The second-order valence-electron chi connectivity index (χ2n) is 7.96. The highest BCUT2D eigenvalue weighted by molar-refractivity contribution is 6.05. The van der Waals surface area contributed by atoms with Crippen molar-refractivity contribution < 1.29 is 32.3 Å². The molecule has 0 saturated heterocycles. The van der Waals surface area contributed by atoms with Gasteiger partial charge in [-0.15, -0.1) is 0 Å². The molecule has 1 aliphatic rings. The third-order valence-electron chi connectivity index (χ3n) is 5.46. The third kappa shape index (κ3) is 5.54. The van der Waals surface area contributed by atoms with E-state index < -0.39 is 29.0 Å². The molecule has 188 valence electrons. The van der Waals surface area contributed by atoms with E-state index in [1.165, 1.54) is 18.3 Å². The molecule has 0 saturated carbocycles. The van der Waals surface area contributed by atoms with E-state index in [2.05, 4.69) is 20.9 Å². The maximum absolute atomic E-state index is 13.3. The van der Waals surface area contributed by atoms with Crippen LogP contribution < -0.4 is 16.0 Å². The summed E-state index contributed by atoms with van der Waals surface area (Å²) in [6, 6.07) is 9.51. The van der Waals surface area contributed by atoms with Crippen molar-refractivity contribution in [1.82, 2.24) is 9.88 Å². The van der Waals surface area contributed by atoms with Crippen molar-refractivity contribution in [2.75, 3.05) is 29.1 Å². The topological polar surface area (TPSA) is 107 Å². The lowest BCUT2D eigenvalue weighted by Gasteiger charge is -2.30. The van der Waals surface area contributed by atoms with Crippen LogP contribution in [0.2, 0.25) is 0 Å². The summed E-state index contributed by atoms with van der Waals surface area (Å²) in [7, 11) is 0. The zero-order valence-electron chi connectivity index (χ0n) is 18.7. The number of hydrogen-bond donors (Lipinski definition) is 4. The monoisotopic (exact) mass is 503 g/mol. The average molecular weight is 503 g/mol. The first-order valence-corrected chi connectivity index (χ1v) is 10.9. The first-order chi connectivity index (χ1) is 17.2. The Morgan fingerprint density at radius 3 is 2.53 bits per heavy atom. The Kier molecular flexibility index (Phi) is 7.06. The fraction of sp³-hybridized carbons (Fsp3) is 0.208. The summed E-state index contributed by atoms with van der Waals surface area (Å²) in [6.07, 6.45) is -2.93. The van der Waals surface area contributed by atoms with Crippen LogP contribution in [0.4, 0.5) is 45.2 Å². The van der Waals surface area contributed by atoms with Gasteiger partial charge in [0, 0.05) is 42.0 Å². The summed E-state index contributed by atoms with van der Waals surface area (Å²) in [6.45, 7) is 0.607. The van der Waals surface area contributed by atoms with Gasteiger partial charge in [0.2, 0.25) is 0 Å². The maximum atomic E-state index is 13.3. The summed E-state index contributed by atoms with van der Waals surface area (Å²) in [4.78, 5) is 30.4. The summed E-state index contributed by atoms with van der Waals surface area (Å²) < 4.78 is 53.0. The number of aliphatic hydroxyl groups is 1. The lowest BCUT2D eigenvalue weighted by molar-refractivity contribution is -0.138. The first kappa shape index (κ1) is 24.9. The Labute approximate surface area is 203 Å². The van der Waals surface area contributed by atoms with Crippen molar-refractivity contribution in [3.63, 3.8) is 0 Å². The van der Waals surface area contributed by atoms with E-state index in [-0.39, 0.29) is 30.9 Å². The number of aliphatic hydroxyl groups excluding tert-OH is 1. The molecule has 36 heavy (non-hydrogen) atoms. The summed E-state index contributed by atoms with van der Waals surface area (Å²) in [5, 5.41) is 17.4. The number of nitrogens with one attached hydrogen (secondary N) is 3. The van der Waals surface area contributed by atoms with Crippen LogP contribution in [-0.4, -0.2) is 40.1 Å². The van der Waals surface area contributed by atoms with Crippen LogP contribution in [0, 0.1) is 5.82 Å². The van der Waals surface area contributed by atoms with Crippen LogP contribution in [0.3, 0.4) is 0 Å². The fourth-order valence-corrected chi connectivity index (χ4v) is 3.70. The molecule has 4 rings (SSSR count). The number of benzene rings is 2. The Morgan fingerprint density at radius 2 is 1.83 bits per heavy atom. The van der Waals surface area contributed by atoms with Gasteiger partial charge in [0.05, 0.1) is 17.7 Å². The van der Waals surface area contributed by atoms with Gasteiger partial charge in [0.1, 0.15) is 11.6 Å². The lowest BCUT2D eigenvalue weighted by Crippen LogP contribution is -2.40. The lowest BCUT2D eigenvalue weighted by atomic mass is 10.1. The predicted molar refractivity (Wildman–Crippen MR) is 124 cm³/mol. The molecular weight excluding hydrogens is 482 g/mol. The van der Waals surface area contributed by atoms with Crippen LogP contribution >= 0.6 is 0 Å². The van der Waals surface area contributed by atoms with Crippen molar-refractivity contribution >= 4 is 34.8 Å². The number of alkyl halides is 3. The van der Waals surface area contributed by atoms with E-state index in [4.69, 9.17) is 5.11 Å². The standard InChI is InChI=1S/C24H21F4N5O3/c25-14-2-7-17(19(12-14)24(26,27)28)22(35)31-16-5-3-15(4-6-16)30-20-8-9-29-21-18(20)13-33(10-1-11-34)23(36)32-21/h2-9,12,34H,1,10-11,13H2,(H,31,35)(H2,29,30,32,36). The zero-order valence-corrected chi connectivity index (χ0v) is 18.7. The normalized spacial score (nSPS) is 13.1. The van der Waals surface area contributed by atoms with E-state index >= 15 is 0 Å². The van der Waals surface area contributed by atoms with Gasteiger partial charge in [-0.1, -0.05) is 0 Å². The smallest absolute Gasteiger partial charge is 0.396 e. The van der Waals surface area contributed by atoms with Crippen LogP contribution in [0.1, 0.15) is 27.9 Å². The molecule has 12 heteroatoms. The minimum absolute atomic E-state index is 0.0453. The Morgan fingerprint density at radius 1 is 1.11 bits per heavy atom. The van der Waals surface area contributed by atoms with Gasteiger partial charge in [-0.3, -0.25) is 10.1 Å². The summed E-state index contributed by atoms with van der Waals surface area (Å²) in [5.74, 6) is -1.71. The molecule has 0 radical (unpaired) electrons. The number of anilines is 4. The van der Waals surface area contributed by atoms with Crippen LogP contribution in [0.15, 0.2) is 54.7 Å². The Hall–Kier alpha value is -4.19. The second kappa shape index (κ2) is 10.2. The van der Waals surface area contributed by atoms with Crippen molar-refractivity contribution in [2.45, 2.75) is 19.1 Å². The molecule has 4 N–H and O–H groups in total. The molecule has 0 aliphatic carbocycles. The molecule has 2 aromatic carbocycles. The number of carbonyl (C=O) groups excluding carboxylic acids is 2. The number of pyridine rings is 1. The fourth-order valence-electron chi connectivity index (χ4n) is 3.70. The third-order valence-corrected chi connectivity index (χ3v) is 5.46. The molecule has 3 amide bonds. The number of aromatic nitrogens is 1. The molecule has 0 unspecified atom stereocenters. The molecule has 3 aromatic rings. The number of hydrogen-bond acceptors (Lipinski definition) is 5. The SMILES string of the molecule is O=C(Nc1ccc(Nc2ccnc3c2CN(CCCO)C(=O)N3)cc1)c1ccc(F)cc1C(F)(F)F. The maximum Gasteiger partial charge on any atom is 0.417 e. The summed E-state index contributed by atoms with van der Waals surface area (Å²) >= 11 is 0. The number of nitrogens with zero attached hydrogens (tertiary/aromatic N) is 2. The van der Waals surface area contributed by atoms with Gasteiger partial charge in [-0.25, -0.2) is 14.2 Å². The van der Waals surface area contributed by atoms with E-state index in [0.717, 1.165) is 17.7 Å². The Balaban J connectivity index is 1.48. The number of carbonyl (C=O) groups is 2. The van der Waals surface area contributed by atoms with E-state index in [0.29, 0.717) is 30.2 Å². The van der Waals surface area contributed by atoms with Gasteiger partial charge in [0.15, 0.2) is 0 Å². The quantitative estimate of drug-likeness (QED) is 0.341. The highest BCUT2D eigenvalue weighted by Crippen LogP contribution is 2.33. The molecule has 2 heterocycles. The second-order valence-corrected chi connectivity index (χ2v) is 7.96. The average Bonchev–Trinajstić information content (AvgIpc) is 2.83. The predicted octanol–water partition coefficient (Wildman–Crippen LogP) is 4.97. The highest BCUT2D eigenvalue weighted by atomic mass is 19.4. The molecular formula is C24H21F4N5O3. The van der Waals surface area contributed by atoms with Gasteiger partial charge < -0.3 is 20.6 Å².